The van der Waals surface area contributed by atoms with Crippen LogP contribution in [0.3, 0.4) is 0 Å². The Hall–Kier alpha value is -3.11. The molecule has 0 radical (unpaired) electrons. The van der Waals surface area contributed by atoms with Crippen molar-refractivity contribution in [2.45, 2.75) is 53.8 Å². The van der Waals surface area contributed by atoms with Crippen molar-refractivity contribution in [3.8, 4) is 5.88 Å². The number of aryl methyl sites for hydroxylation is 2. The van der Waals surface area contributed by atoms with E-state index in [1.54, 1.807) is 13.1 Å². The lowest BCUT2D eigenvalue weighted by molar-refractivity contribution is -0.106. The molecule has 0 aliphatic carbocycles. The smallest absolute Gasteiger partial charge is 0.431 e. The van der Waals surface area contributed by atoms with Gasteiger partial charge in [0, 0.05) is 36.1 Å². The van der Waals surface area contributed by atoms with E-state index in [0.29, 0.717) is 35.6 Å². The van der Waals surface area contributed by atoms with Crippen LogP contribution in [0.5, 0.6) is 5.88 Å². The second kappa shape index (κ2) is 14.7. The van der Waals surface area contributed by atoms with E-state index in [1.165, 1.54) is 6.07 Å². The molecule has 0 N–H and O–H groups in total. The van der Waals surface area contributed by atoms with Gasteiger partial charge in [0.05, 0.1) is 11.8 Å². The molecule has 1 aliphatic heterocycles. The molecular formula is C27H34ClF4N3O3. The SMILES string of the molecule is C=C1C=C(C(F)(F)F)N(C)C(=O)N1c1cc(C)c(Cl)cc1F.CC.CCOC(C)COc1ncccc1C. The molecule has 38 heavy (non-hydrogen) atoms. The van der Waals surface area contributed by atoms with Gasteiger partial charge in [-0.3, -0.25) is 9.80 Å². The van der Waals surface area contributed by atoms with Crippen LogP contribution in [-0.2, 0) is 4.74 Å². The number of pyridine rings is 1. The molecule has 0 bridgehead atoms. The van der Waals surface area contributed by atoms with Crippen molar-refractivity contribution < 1.29 is 31.8 Å². The van der Waals surface area contributed by atoms with Gasteiger partial charge in [-0.2, -0.15) is 13.2 Å². The molecule has 0 spiro atoms. The van der Waals surface area contributed by atoms with Crippen molar-refractivity contribution in [2.75, 3.05) is 25.2 Å². The number of hydrogen-bond donors (Lipinski definition) is 0. The topological polar surface area (TPSA) is 54.9 Å². The van der Waals surface area contributed by atoms with Crippen LogP contribution in [0.4, 0.5) is 28.0 Å². The zero-order valence-corrected chi connectivity index (χ0v) is 23.4. The van der Waals surface area contributed by atoms with E-state index in [2.05, 4.69) is 11.6 Å². The maximum Gasteiger partial charge on any atom is 0.431 e. The van der Waals surface area contributed by atoms with Crippen LogP contribution < -0.4 is 9.64 Å². The van der Waals surface area contributed by atoms with Crippen molar-refractivity contribution in [1.82, 2.24) is 9.88 Å². The summed E-state index contributed by atoms with van der Waals surface area (Å²) >= 11 is 5.77. The minimum Gasteiger partial charge on any atom is -0.475 e. The first kappa shape index (κ1) is 32.9. The summed E-state index contributed by atoms with van der Waals surface area (Å²) < 4.78 is 63.5. The fourth-order valence-electron chi connectivity index (χ4n) is 3.19. The van der Waals surface area contributed by atoms with Gasteiger partial charge in [0.1, 0.15) is 18.1 Å². The van der Waals surface area contributed by atoms with Gasteiger partial charge in [-0.05, 0) is 57.5 Å². The molecule has 2 heterocycles. The van der Waals surface area contributed by atoms with Gasteiger partial charge in [0.25, 0.3) is 0 Å². The van der Waals surface area contributed by atoms with Crippen LogP contribution >= 0.6 is 11.6 Å². The predicted octanol–water partition coefficient (Wildman–Crippen LogP) is 7.84. The average Bonchev–Trinajstić information content (AvgIpc) is 2.85. The number of anilines is 1. The van der Waals surface area contributed by atoms with E-state index in [9.17, 15) is 22.4 Å². The predicted molar refractivity (Wildman–Crippen MR) is 142 cm³/mol. The van der Waals surface area contributed by atoms with Crippen LogP contribution in [0.1, 0.15) is 38.8 Å². The van der Waals surface area contributed by atoms with E-state index in [1.807, 2.05) is 46.8 Å². The molecule has 210 valence electrons. The summed E-state index contributed by atoms with van der Waals surface area (Å²) in [5.41, 5.74) is -0.120. The number of benzene rings is 1. The highest BCUT2D eigenvalue weighted by Gasteiger charge is 2.43. The lowest BCUT2D eigenvalue weighted by atomic mass is 10.1. The van der Waals surface area contributed by atoms with Crippen LogP contribution in [0.2, 0.25) is 5.02 Å². The lowest BCUT2D eigenvalue weighted by Crippen LogP contribution is -2.46. The molecule has 1 aromatic heterocycles. The Morgan fingerprint density at radius 1 is 1.18 bits per heavy atom. The molecular weight excluding hydrogens is 526 g/mol. The minimum absolute atomic E-state index is 0.112. The number of urea groups is 1. The molecule has 2 aromatic rings. The Balaban J connectivity index is 0.000000389. The Morgan fingerprint density at radius 3 is 2.37 bits per heavy atom. The van der Waals surface area contributed by atoms with Crippen molar-refractivity contribution >= 4 is 23.3 Å². The number of allylic oxidation sites excluding steroid dienone is 2. The first-order valence-electron chi connectivity index (χ1n) is 11.9. The molecule has 0 saturated heterocycles. The lowest BCUT2D eigenvalue weighted by Gasteiger charge is -2.35. The van der Waals surface area contributed by atoms with Gasteiger partial charge in [-0.1, -0.05) is 38.1 Å². The Bertz CT molecular complexity index is 1140. The number of rotatable bonds is 6. The number of carbonyl (C=O) groups excluding carboxylic acids is 1. The van der Waals surface area contributed by atoms with Gasteiger partial charge in [-0.25, -0.2) is 14.2 Å². The van der Waals surface area contributed by atoms with Crippen LogP contribution in [-0.4, -0.2) is 48.5 Å². The summed E-state index contributed by atoms with van der Waals surface area (Å²) in [6, 6.07) is 5.10. The molecule has 1 aromatic carbocycles. The zero-order chi connectivity index (χ0) is 29.2. The molecule has 2 amide bonds. The summed E-state index contributed by atoms with van der Waals surface area (Å²) in [6.07, 6.45) is -2.19. The standard InChI is InChI=1S/C14H11ClF4N2O.C11H17NO2.C2H6/c1-7-4-11(10(16)6-9(7)15)21-8(2)5-12(14(17,18)19)20(3)13(21)22;1-4-13-10(3)8-14-11-9(2)6-5-7-12-11;1-2/h4-6H,2H2,1,3H3;5-7,10H,4,8H2,1-3H3;1-2H3. The van der Waals surface area contributed by atoms with Gasteiger partial charge in [0.2, 0.25) is 5.88 Å². The fraction of sp³-hybridized carbons (Fsp3) is 0.407. The van der Waals surface area contributed by atoms with Gasteiger partial charge in [0.15, 0.2) is 0 Å². The normalized spacial score (nSPS) is 14.2. The number of carbonyl (C=O) groups is 1. The summed E-state index contributed by atoms with van der Waals surface area (Å²) in [4.78, 5) is 17.5. The molecule has 0 saturated carbocycles. The van der Waals surface area contributed by atoms with E-state index in [4.69, 9.17) is 21.1 Å². The number of hydrogen-bond acceptors (Lipinski definition) is 4. The van der Waals surface area contributed by atoms with Crippen LogP contribution in [0.25, 0.3) is 0 Å². The number of alkyl halides is 3. The molecule has 1 aliphatic rings. The summed E-state index contributed by atoms with van der Waals surface area (Å²) in [5, 5.41) is 0.149. The Morgan fingerprint density at radius 2 is 1.82 bits per heavy atom. The summed E-state index contributed by atoms with van der Waals surface area (Å²) in [6.45, 7) is 16.2. The van der Waals surface area contributed by atoms with Crippen molar-refractivity contribution in [1.29, 1.82) is 0 Å². The maximum absolute atomic E-state index is 14.0. The van der Waals surface area contributed by atoms with E-state index in [0.717, 1.165) is 23.6 Å². The third-order valence-electron chi connectivity index (χ3n) is 5.06. The van der Waals surface area contributed by atoms with Crippen molar-refractivity contribution in [2.24, 2.45) is 0 Å². The molecule has 1 unspecified atom stereocenters. The second-order valence-corrected chi connectivity index (χ2v) is 8.36. The number of amides is 2. The van der Waals surface area contributed by atoms with Gasteiger partial charge in [-0.15, -0.1) is 0 Å². The van der Waals surface area contributed by atoms with Crippen molar-refractivity contribution in [3.05, 3.63) is 76.5 Å². The van der Waals surface area contributed by atoms with Gasteiger partial charge >= 0.3 is 12.2 Å². The molecule has 11 heteroatoms. The highest BCUT2D eigenvalue weighted by molar-refractivity contribution is 6.31. The second-order valence-electron chi connectivity index (χ2n) is 7.95. The fourth-order valence-corrected chi connectivity index (χ4v) is 3.34. The summed E-state index contributed by atoms with van der Waals surface area (Å²) in [7, 11) is 0.960. The first-order chi connectivity index (χ1) is 17.8. The number of aromatic nitrogens is 1. The number of nitrogens with zero attached hydrogens (tertiary/aromatic N) is 3. The van der Waals surface area contributed by atoms with Crippen LogP contribution in [0, 0.1) is 19.7 Å². The molecule has 6 nitrogen and oxygen atoms in total. The zero-order valence-electron chi connectivity index (χ0n) is 22.6. The van der Waals surface area contributed by atoms with E-state index < -0.39 is 23.7 Å². The largest absolute Gasteiger partial charge is 0.475 e. The van der Waals surface area contributed by atoms with Crippen LogP contribution in [0.15, 0.2) is 54.5 Å². The number of halogens is 5. The highest BCUT2D eigenvalue weighted by atomic mass is 35.5. The molecule has 3 rings (SSSR count). The van der Waals surface area contributed by atoms with Crippen molar-refractivity contribution in [3.63, 3.8) is 0 Å². The monoisotopic (exact) mass is 559 g/mol. The Kier molecular flexibility index (Phi) is 12.8. The van der Waals surface area contributed by atoms with E-state index in [-0.39, 0.29) is 22.5 Å². The third kappa shape index (κ3) is 8.73. The van der Waals surface area contributed by atoms with E-state index >= 15 is 0 Å². The molecule has 0 fully saturated rings. The highest BCUT2D eigenvalue weighted by Crippen LogP contribution is 2.37. The maximum atomic E-state index is 14.0. The Labute approximate surface area is 226 Å². The first-order valence-corrected chi connectivity index (χ1v) is 12.3. The van der Waals surface area contributed by atoms with Gasteiger partial charge < -0.3 is 9.47 Å². The third-order valence-corrected chi connectivity index (χ3v) is 5.46. The summed E-state index contributed by atoms with van der Waals surface area (Å²) in [5.74, 6) is -0.138. The number of ether oxygens (including phenoxy) is 2. The minimum atomic E-state index is -4.71. The average molecular weight is 560 g/mol. The molecule has 1 atom stereocenters. The quantitative estimate of drug-likeness (QED) is 0.338.